The van der Waals surface area contributed by atoms with E-state index in [1.807, 2.05) is 6.92 Å². The van der Waals surface area contributed by atoms with Crippen LogP contribution in [0.5, 0.6) is 0 Å². The number of sulfonamides is 1. The molecule has 9 heteroatoms. The number of halogens is 1. The summed E-state index contributed by atoms with van der Waals surface area (Å²) in [6.45, 7) is 6.59. The summed E-state index contributed by atoms with van der Waals surface area (Å²) in [5.41, 5.74) is 1.05. The Kier molecular flexibility index (Phi) is 6.41. The third kappa shape index (κ3) is 4.32. The van der Waals surface area contributed by atoms with Gasteiger partial charge < -0.3 is 4.57 Å². The molecule has 1 atom stereocenters. The van der Waals surface area contributed by atoms with Crippen LogP contribution in [0.25, 0.3) is 10.2 Å². The summed E-state index contributed by atoms with van der Waals surface area (Å²) in [7, 11) is -3.61. The van der Waals surface area contributed by atoms with E-state index in [0.717, 1.165) is 24.8 Å². The molecular weight excluding hydrogens is 449 g/mol. The normalized spacial score (nSPS) is 18.2. The van der Waals surface area contributed by atoms with E-state index in [1.165, 1.54) is 52.0 Å². The first-order chi connectivity index (χ1) is 15.3. The molecule has 2 heterocycles. The number of hydrogen-bond acceptors (Lipinski definition) is 4. The molecule has 168 valence electrons. The lowest BCUT2D eigenvalue weighted by Crippen LogP contribution is -2.41. The van der Waals surface area contributed by atoms with Gasteiger partial charge in [-0.05, 0) is 62.2 Å². The summed E-state index contributed by atoms with van der Waals surface area (Å²) in [6, 6.07) is 10.3. The number of nitrogens with zero attached hydrogens (tertiary/aromatic N) is 3. The number of allylic oxidation sites excluding steroid dienone is 1. The SMILES string of the molecule is C=CCn1c(=NC(=O)c2ccc(S(=O)(=O)N3CCCCC3C)cc2)sc2cc(F)ccc21. The average Bonchev–Trinajstić information content (AvgIpc) is 3.10. The van der Waals surface area contributed by atoms with E-state index in [-0.39, 0.29) is 22.3 Å². The summed E-state index contributed by atoms with van der Waals surface area (Å²) in [4.78, 5) is 17.6. The number of thiazole rings is 1. The highest BCUT2D eigenvalue weighted by atomic mass is 32.2. The number of hydrogen-bond donors (Lipinski definition) is 0. The van der Waals surface area contributed by atoms with Gasteiger partial charge in [-0.15, -0.1) is 6.58 Å². The maximum Gasteiger partial charge on any atom is 0.279 e. The van der Waals surface area contributed by atoms with Crippen molar-refractivity contribution in [3.63, 3.8) is 0 Å². The van der Waals surface area contributed by atoms with Crippen LogP contribution in [0.1, 0.15) is 36.5 Å². The van der Waals surface area contributed by atoms with Gasteiger partial charge in [0.1, 0.15) is 5.82 Å². The second-order valence-corrected chi connectivity index (χ2v) is 10.7. The maximum absolute atomic E-state index is 13.6. The zero-order chi connectivity index (χ0) is 22.9. The van der Waals surface area contributed by atoms with E-state index in [4.69, 9.17) is 0 Å². The van der Waals surface area contributed by atoms with Gasteiger partial charge >= 0.3 is 0 Å². The number of aromatic nitrogens is 1. The maximum atomic E-state index is 13.6. The molecule has 4 rings (SSSR count). The lowest BCUT2D eigenvalue weighted by molar-refractivity contribution is 0.0997. The third-order valence-corrected chi connectivity index (χ3v) is 8.67. The van der Waals surface area contributed by atoms with Gasteiger partial charge in [0.2, 0.25) is 10.0 Å². The van der Waals surface area contributed by atoms with Crippen LogP contribution in [0.3, 0.4) is 0 Å². The molecule has 0 spiro atoms. The summed E-state index contributed by atoms with van der Waals surface area (Å²) >= 11 is 1.21. The Morgan fingerprint density at radius 3 is 2.69 bits per heavy atom. The van der Waals surface area contributed by atoms with E-state index in [2.05, 4.69) is 11.6 Å². The molecule has 0 N–H and O–H groups in total. The third-order valence-electron chi connectivity index (χ3n) is 5.60. The minimum Gasteiger partial charge on any atom is -0.312 e. The minimum absolute atomic E-state index is 0.0387. The van der Waals surface area contributed by atoms with Crippen molar-refractivity contribution < 1.29 is 17.6 Å². The van der Waals surface area contributed by atoms with Gasteiger partial charge in [0.05, 0.1) is 15.1 Å². The van der Waals surface area contributed by atoms with Gasteiger partial charge in [0.25, 0.3) is 5.91 Å². The predicted molar refractivity (Wildman–Crippen MR) is 124 cm³/mol. The number of benzene rings is 2. The van der Waals surface area contributed by atoms with Crippen LogP contribution < -0.4 is 4.80 Å². The van der Waals surface area contributed by atoms with Crippen molar-refractivity contribution in [1.29, 1.82) is 0 Å². The van der Waals surface area contributed by atoms with Crippen LogP contribution in [0, 0.1) is 5.82 Å². The zero-order valence-corrected chi connectivity index (χ0v) is 19.3. The van der Waals surface area contributed by atoms with Gasteiger partial charge in [-0.2, -0.15) is 9.30 Å². The quantitative estimate of drug-likeness (QED) is 0.518. The largest absolute Gasteiger partial charge is 0.312 e. The zero-order valence-electron chi connectivity index (χ0n) is 17.7. The van der Waals surface area contributed by atoms with Gasteiger partial charge in [0, 0.05) is 24.7 Å². The smallest absolute Gasteiger partial charge is 0.279 e. The van der Waals surface area contributed by atoms with Gasteiger partial charge in [-0.3, -0.25) is 4.79 Å². The molecule has 1 saturated heterocycles. The van der Waals surface area contributed by atoms with Crippen LogP contribution in [0.2, 0.25) is 0 Å². The fraction of sp³-hybridized carbons (Fsp3) is 0.304. The fourth-order valence-electron chi connectivity index (χ4n) is 3.92. The van der Waals surface area contributed by atoms with Crippen molar-refractivity contribution in [3.8, 4) is 0 Å². The highest BCUT2D eigenvalue weighted by molar-refractivity contribution is 7.89. The first-order valence-electron chi connectivity index (χ1n) is 10.4. The molecule has 1 aliphatic rings. The Balaban J connectivity index is 1.66. The monoisotopic (exact) mass is 473 g/mol. The molecule has 32 heavy (non-hydrogen) atoms. The molecule has 0 bridgehead atoms. The molecule has 0 radical (unpaired) electrons. The van der Waals surface area contributed by atoms with E-state index < -0.39 is 15.9 Å². The number of amides is 1. The Labute approximate surface area is 190 Å². The number of rotatable bonds is 5. The van der Waals surface area contributed by atoms with E-state index in [0.29, 0.717) is 22.6 Å². The summed E-state index contributed by atoms with van der Waals surface area (Å²) < 4.78 is 43.6. The molecule has 1 aromatic heterocycles. The average molecular weight is 474 g/mol. The van der Waals surface area contributed by atoms with Crippen LogP contribution >= 0.6 is 11.3 Å². The fourth-order valence-corrected chi connectivity index (χ4v) is 6.69. The lowest BCUT2D eigenvalue weighted by Gasteiger charge is -2.32. The van der Waals surface area contributed by atoms with Crippen LogP contribution in [0.15, 0.2) is 65.0 Å². The topological polar surface area (TPSA) is 71.7 Å². The summed E-state index contributed by atoms with van der Waals surface area (Å²) in [5, 5.41) is 0. The van der Waals surface area contributed by atoms with Crippen molar-refractivity contribution in [2.24, 2.45) is 4.99 Å². The number of fused-ring (bicyclic) bond motifs is 1. The Morgan fingerprint density at radius 1 is 1.25 bits per heavy atom. The molecule has 2 aromatic carbocycles. The molecule has 1 unspecified atom stereocenters. The summed E-state index contributed by atoms with van der Waals surface area (Å²) in [6.07, 6.45) is 4.40. The van der Waals surface area contributed by atoms with Crippen molar-refractivity contribution in [1.82, 2.24) is 8.87 Å². The molecular formula is C23H24FN3O3S2. The van der Waals surface area contributed by atoms with E-state index >= 15 is 0 Å². The molecule has 1 fully saturated rings. The highest BCUT2D eigenvalue weighted by Gasteiger charge is 2.30. The first kappa shape index (κ1) is 22.6. The van der Waals surface area contributed by atoms with Crippen molar-refractivity contribution >= 4 is 37.5 Å². The first-order valence-corrected chi connectivity index (χ1v) is 12.7. The van der Waals surface area contributed by atoms with Gasteiger partial charge in [0.15, 0.2) is 4.80 Å². The molecule has 3 aromatic rings. The molecule has 6 nitrogen and oxygen atoms in total. The number of piperidine rings is 1. The van der Waals surface area contributed by atoms with Crippen molar-refractivity contribution in [3.05, 3.63) is 71.3 Å². The molecule has 1 amide bonds. The molecule has 0 aliphatic carbocycles. The second kappa shape index (κ2) is 9.09. The van der Waals surface area contributed by atoms with Crippen LogP contribution in [-0.4, -0.2) is 35.8 Å². The standard InChI is InChI=1S/C23H24FN3O3S2/c1-3-13-26-20-12-9-18(24)15-21(20)31-23(26)25-22(28)17-7-10-19(11-8-17)32(29,30)27-14-5-4-6-16(27)2/h3,7-12,15-16H,1,4-6,13-14H2,2H3. The molecule has 0 saturated carbocycles. The Morgan fingerprint density at radius 2 is 2.00 bits per heavy atom. The lowest BCUT2D eigenvalue weighted by atomic mass is 10.1. The Bertz CT molecular complexity index is 1340. The number of carbonyl (C=O) groups excluding carboxylic acids is 1. The summed E-state index contributed by atoms with van der Waals surface area (Å²) in [5.74, 6) is -0.854. The van der Waals surface area contributed by atoms with Gasteiger partial charge in [-0.1, -0.05) is 23.8 Å². The van der Waals surface area contributed by atoms with Crippen molar-refractivity contribution in [2.75, 3.05) is 6.54 Å². The highest BCUT2D eigenvalue weighted by Crippen LogP contribution is 2.25. The second-order valence-electron chi connectivity index (χ2n) is 7.80. The van der Waals surface area contributed by atoms with E-state index in [1.54, 1.807) is 16.7 Å². The predicted octanol–water partition coefficient (Wildman–Crippen LogP) is 4.33. The van der Waals surface area contributed by atoms with Crippen molar-refractivity contribution in [2.45, 2.75) is 43.7 Å². The van der Waals surface area contributed by atoms with Crippen LogP contribution in [0.4, 0.5) is 4.39 Å². The Hall–Kier alpha value is -2.62. The molecule has 1 aliphatic heterocycles. The minimum atomic E-state index is -3.61. The number of carbonyl (C=O) groups is 1. The van der Waals surface area contributed by atoms with Gasteiger partial charge in [-0.25, -0.2) is 12.8 Å². The van der Waals surface area contributed by atoms with Crippen LogP contribution in [-0.2, 0) is 16.6 Å². The van der Waals surface area contributed by atoms with E-state index in [9.17, 15) is 17.6 Å².